The molecule has 0 saturated heterocycles. The molecule has 0 fully saturated rings. The van der Waals surface area contributed by atoms with Crippen molar-refractivity contribution < 1.29 is 0 Å². The largest absolute Gasteiger partial charge is 0.396 e. The summed E-state index contributed by atoms with van der Waals surface area (Å²) in [6, 6.07) is 0.278. The van der Waals surface area contributed by atoms with Crippen LogP contribution in [0.1, 0.15) is 19.9 Å². The second-order valence-corrected chi connectivity index (χ2v) is 3.26. The van der Waals surface area contributed by atoms with Crippen LogP contribution in [0.5, 0.6) is 0 Å². The first-order valence-corrected chi connectivity index (χ1v) is 4.37. The molecule has 1 heterocycles. The van der Waals surface area contributed by atoms with Gasteiger partial charge in [-0.05, 0) is 12.3 Å². The van der Waals surface area contributed by atoms with Crippen LogP contribution in [-0.2, 0) is 0 Å². The molecule has 12 heavy (non-hydrogen) atoms. The Balaban J connectivity index is 2.77. The molecular weight excluding hydrogens is 170 g/mol. The minimum Gasteiger partial charge on any atom is -0.396 e. The lowest BCUT2D eigenvalue weighted by Crippen LogP contribution is -2.14. The highest BCUT2D eigenvalue weighted by molar-refractivity contribution is 7.79. The van der Waals surface area contributed by atoms with Crippen LogP contribution < -0.4 is 5.73 Å². The number of nitrogens with zero attached hydrogens (tertiary/aromatic N) is 2. The molecule has 1 aromatic rings. The van der Waals surface area contributed by atoms with Gasteiger partial charge >= 0.3 is 0 Å². The highest BCUT2D eigenvalue weighted by Crippen LogP contribution is 2.15. The molecule has 0 radical (unpaired) electrons. The maximum absolute atomic E-state index is 5.54. The summed E-state index contributed by atoms with van der Waals surface area (Å²) in [5, 5.41) is 5.86. The van der Waals surface area contributed by atoms with Gasteiger partial charge in [0.15, 0.2) is 0 Å². The van der Waals surface area contributed by atoms with Gasteiger partial charge in [0.25, 0.3) is 0 Å². The molecule has 1 aromatic heterocycles. The molecule has 0 aliphatic heterocycles. The maximum Gasteiger partial charge on any atom is 0.0719 e. The average molecular weight is 183 g/mol. The van der Waals surface area contributed by atoms with Crippen LogP contribution in [0.4, 0.5) is 5.69 Å². The van der Waals surface area contributed by atoms with Crippen LogP contribution >= 0.6 is 12.2 Å². The number of nitrogens with two attached hydrogens (primary N) is 1. The third-order valence-corrected chi connectivity index (χ3v) is 2.44. The van der Waals surface area contributed by atoms with Crippen molar-refractivity contribution in [3.63, 3.8) is 0 Å². The van der Waals surface area contributed by atoms with E-state index in [1.807, 2.05) is 10.9 Å². The van der Waals surface area contributed by atoms with E-state index >= 15 is 0 Å². The van der Waals surface area contributed by atoms with Crippen molar-refractivity contribution in [3.8, 4) is 0 Å². The topological polar surface area (TPSA) is 43.8 Å². The molecule has 1 rings (SSSR count). The molecule has 3 nitrogen and oxygen atoms in total. The fourth-order valence-electron chi connectivity index (χ4n) is 0.930. The maximum atomic E-state index is 5.54. The minimum absolute atomic E-state index is 0.278. The second-order valence-electron chi connectivity index (χ2n) is 2.99. The van der Waals surface area contributed by atoms with Crippen LogP contribution in [0.3, 0.4) is 0 Å². The van der Waals surface area contributed by atoms with Crippen molar-refractivity contribution in [1.29, 1.82) is 0 Å². The Morgan fingerprint density at radius 3 is 2.75 bits per heavy atom. The lowest BCUT2D eigenvalue weighted by atomic mass is 10.1. The zero-order chi connectivity index (χ0) is 9.14. The fraction of sp³-hybridized carbons (Fsp3) is 0.500. The van der Waals surface area contributed by atoms with E-state index in [9.17, 15) is 0 Å². The number of hydrogen-bond acceptors (Lipinski definition) is 3. The molecule has 0 saturated carbocycles. The van der Waals surface area contributed by atoms with Gasteiger partial charge < -0.3 is 5.73 Å². The Morgan fingerprint density at radius 2 is 2.33 bits per heavy atom. The normalized spacial score (nSPS) is 15.5. The average Bonchev–Trinajstić information content (AvgIpc) is 2.49. The fourth-order valence-corrected chi connectivity index (χ4v) is 1.16. The molecular formula is C8H13N3S. The van der Waals surface area contributed by atoms with E-state index in [0.717, 1.165) is 0 Å². The van der Waals surface area contributed by atoms with Gasteiger partial charge in [-0.15, -0.1) is 0 Å². The summed E-state index contributed by atoms with van der Waals surface area (Å²) < 4.78 is 1.84. The van der Waals surface area contributed by atoms with Crippen LogP contribution in [0.2, 0.25) is 0 Å². The smallest absolute Gasteiger partial charge is 0.0719 e. The Hall–Kier alpha value is -0.900. The third-order valence-electron chi connectivity index (χ3n) is 2.01. The molecule has 2 N–H and O–H groups in total. The van der Waals surface area contributed by atoms with Crippen molar-refractivity contribution in [3.05, 3.63) is 12.4 Å². The predicted octanol–water partition coefficient (Wildman–Crippen LogP) is 1.66. The summed E-state index contributed by atoms with van der Waals surface area (Å²) in [5.41, 5.74) is 6.23. The summed E-state index contributed by atoms with van der Waals surface area (Å²) >= 11 is 4.86. The molecule has 2 atom stereocenters. The van der Waals surface area contributed by atoms with Crippen molar-refractivity contribution in [2.24, 2.45) is 5.92 Å². The standard InChI is InChI=1S/C8H13N3S/c1-6(5-12)7(2)11-4-8(9)3-10-11/h3-7H,9H2,1-2H3. The van der Waals surface area contributed by atoms with Gasteiger partial charge in [0.05, 0.1) is 17.9 Å². The van der Waals surface area contributed by atoms with E-state index in [4.69, 9.17) is 18.0 Å². The van der Waals surface area contributed by atoms with E-state index in [-0.39, 0.29) is 6.04 Å². The van der Waals surface area contributed by atoms with E-state index in [1.54, 1.807) is 11.6 Å². The van der Waals surface area contributed by atoms with Crippen LogP contribution in [0, 0.1) is 5.92 Å². The molecule has 0 spiro atoms. The first-order chi connectivity index (χ1) is 5.65. The Labute approximate surface area is 77.6 Å². The number of nitrogen functional groups attached to an aromatic ring is 1. The summed E-state index contributed by atoms with van der Waals surface area (Å²) in [5.74, 6) is 0.333. The van der Waals surface area contributed by atoms with Gasteiger partial charge in [-0.2, -0.15) is 5.10 Å². The summed E-state index contributed by atoms with van der Waals surface area (Å²) in [6.07, 6.45) is 3.46. The monoisotopic (exact) mass is 183 g/mol. The van der Waals surface area contributed by atoms with E-state index < -0.39 is 0 Å². The molecule has 0 amide bonds. The summed E-state index contributed by atoms with van der Waals surface area (Å²) in [4.78, 5) is 0. The lowest BCUT2D eigenvalue weighted by Gasteiger charge is -2.15. The second kappa shape index (κ2) is 3.67. The lowest BCUT2D eigenvalue weighted by molar-refractivity contribution is 0.430. The molecule has 0 aliphatic carbocycles. The van der Waals surface area contributed by atoms with E-state index in [2.05, 4.69) is 18.9 Å². The molecule has 2 unspecified atom stereocenters. The highest BCUT2D eigenvalue weighted by atomic mass is 32.1. The van der Waals surface area contributed by atoms with Gasteiger partial charge in [-0.1, -0.05) is 19.1 Å². The zero-order valence-corrected chi connectivity index (χ0v) is 8.08. The number of aromatic nitrogens is 2. The SMILES string of the molecule is CC(C=S)C(C)n1cc(N)cn1. The quantitative estimate of drug-likeness (QED) is 0.725. The zero-order valence-electron chi connectivity index (χ0n) is 7.27. The summed E-state index contributed by atoms with van der Waals surface area (Å²) in [6.45, 7) is 4.13. The van der Waals surface area contributed by atoms with Gasteiger partial charge in [0.2, 0.25) is 0 Å². The van der Waals surface area contributed by atoms with Crippen molar-refractivity contribution in [2.45, 2.75) is 19.9 Å². The molecule has 0 bridgehead atoms. The molecule has 4 heteroatoms. The Morgan fingerprint density at radius 1 is 1.67 bits per heavy atom. The summed E-state index contributed by atoms with van der Waals surface area (Å²) in [7, 11) is 0. The predicted molar refractivity (Wildman–Crippen MR) is 54.2 cm³/mol. The van der Waals surface area contributed by atoms with Crippen LogP contribution in [-0.4, -0.2) is 15.1 Å². The number of thiocarbonyl (C=S) groups is 1. The van der Waals surface area contributed by atoms with Gasteiger partial charge in [0, 0.05) is 12.1 Å². The number of rotatable bonds is 3. The minimum atomic E-state index is 0.278. The Bertz CT molecular complexity index is 269. The van der Waals surface area contributed by atoms with E-state index in [1.165, 1.54) is 0 Å². The van der Waals surface area contributed by atoms with Crippen molar-refractivity contribution in [2.75, 3.05) is 5.73 Å². The third kappa shape index (κ3) is 1.82. The molecule has 66 valence electrons. The van der Waals surface area contributed by atoms with Gasteiger partial charge in [0.1, 0.15) is 0 Å². The number of hydrogen-bond donors (Lipinski definition) is 1. The molecule has 0 aromatic carbocycles. The van der Waals surface area contributed by atoms with Crippen molar-refractivity contribution in [1.82, 2.24) is 9.78 Å². The Kier molecular flexibility index (Phi) is 2.81. The van der Waals surface area contributed by atoms with Crippen LogP contribution in [0.15, 0.2) is 12.4 Å². The van der Waals surface area contributed by atoms with Gasteiger partial charge in [-0.25, -0.2) is 0 Å². The van der Waals surface area contributed by atoms with E-state index in [0.29, 0.717) is 11.6 Å². The first kappa shape index (κ1) is 9.19. The van der Waals surface area contributed by atoms with Crippen molar-refractivity contribution >= 4 is 23.3 Å². The first-order valence-electron chi connectivity index (χ1n) is 3.90. The van der Waals surface area contributed by atoms with Gasteiger partial charge in [-0.3, -0.25) is 4.68 Å². The number of anilines is 1. The highest BCUT2D eigenvalue weighted by Gasteiger charge is 2.11. The molecule has 0 aliphatic rings. The van der Waals surface area contributed by atoms with Crippen LogP contribution in [0.25, 0.3) is 0 Å².